The van der Waals surface area contributed by atoms with Crippen LogP contribution in [0.1, 0.15) is 37.7 Å². The molecule has 6 heteroatoms. The molecule has 28 heavy (non-hydrogen) atoms. The maximum absolute atomic E-state index is 12.7. The molecule has 0 N–H and O–H groups in total. The van der Waals surface area contributed by atoms with Crippen molar-refractivity contribution in [2.24, 2.45) is 4.99 Å². The summed E-state index contributed by atoms with van der Waals surface area (Å²) in [6, 6.07) is 10.2. The third kappa shape index (κ3) is 3.87. The zero-order valence-electron chi connectivity index (χ0n) is 17.2. The van der Waals surface area contributed by atoms with Crippen LogP contribution < -0.4 is 4.74 Å². The fourth-order valence-corrected chi connectivity index (χ4v) is 4.47. The van der Waals surface area contributed by atoms with E-state index in [9.17, 15) is 4.79 Å². The highest BCUT2D eigenvalue weighted by molar-refractivity contribution is 8.18. The van der Waals surface area contributed by atoms with Gasteiger partial charge in [0.15, 0.2) is 5.17 Å². The standard InChI is InChI=1S/C22H27N3O2S/c1-6-23-22-24(7-2)21(26)20(28-22)14-17-13-15(4)25(16(17)5)18-9-11-19(12-10-18)27-8-3/h9-14H,6-8H2,1-5H3/b20-14-,23-22?. The molecule has 0 atom stereocenters. The number of thioether (sulfide) groups is 1. The van der Waals surface area contributed by atoms with Crippen LogP contribution in [0, 0.1) is 13.8 Å². The number of ether oxygens (including phenoxy) is 1. The van der Waals surface area contributed by atoms with E-state index in [4.69, 9.17) is 4.74 Å². The molecule has 0 aliphatic carbocycles. The largest absolute Gasteiger partial charge is 0.494 e. The van der Waals surface area contributed by atoms with Crippen molar-refractivity contribution in [2.75, 3.05) is 19.7 Å². The third-order valence-corrected chi connectivity index (χ3v) is 5.70. The average molecular weight is 398 g/mol. The molecule has 2 aromatic rings. The van der Waals surface area contributed by atoms with Gasteiger partial charge in [-0.1, -0.05) is 0 Å². The Morgan fingerprint density at radius 1 is 1.14 bits per heavy atom. The summed E-state index contributed by atoms with van der Waals surface area (Å²) in [7, 11) is 0. The van der Waals surface area contributed by atoms with Gasteiger partial charge in [-0.2, -0.15) is 0 Å². The number of aryl methyl sites for hydroxylation is 1. The summed E-state index contributed by atoms with van der Waals surface area (Å²) in [5.41, 5.74) is 4.36. The molecule has 1 saturated heterocycles. The van der Waals surface area contributed by atoms with Gasteiger partial charge in [0.2, 0.25) is 0 Å². The van der Waals surface area contributed by atoms with Gasteiger partial charge in [0, 0.05) is 30.2 Å². The van der Waals surface area contributed by atoms with E-state index < -0.39 is 0 Å². The number of aromatic nitrogens is 1. The van der Waals surface area contributed by atoms with Crippen LogP contribution in [-0.2, 0) is 4.79 Å². The lowest BCUT2D eigenvalue weighted by atomic mass is 10.2. The van der Waals surface area contributed by atoms with Crippen LogP contribution in [0.25, 0.3) is 11.8 Å². The van der Waals surface area contributed by atoms with Crippen LogP contribution in [0.4, 0.5) is 0 Å². The first-order valence-corrected chi connectivity index (χ1v) is 10.5. The van der Waals surface area contributed by atoms with Crippen molar-refractivity contribution in [3.8, 4) is 11.4 Å². The van der Waals surface area contributed by atoms with Crippen molar-refractivity contribution in [1.29, 1.82) is 0 Å². The predicted molar refractivity (Wildman–Crippen MR) is 117 cm³/mol. The minimum absolute atomic E-state index is 0.0329. The van der Waals surface area contributed by atoms with Crippen molar-refractivity contribution in [1.82, 2.24) is 9.47 Å². The molecule has 148 valence electrons. The Morgan fingerprint density at radius 2 is 1.86 bits per heavy atom. The van der Waals surface area contributed by atoms with Crippen LogP contribution in [0.5, 0.6) is 5.75 Å². The van der Waals surface area contributed by atoms with E-state index in [0.717, 1.165) is 38.5 Å². The molecule has 2 heterocycles. The second-order valence-corrected chi connectivity index (χ2v) is 7.51. The topological polar surface area (TPSA) is 46.8 Å². The van der Waals surface area contributed by atoms with Gasteiger partial charge in [-0.25, -0.2) is 0 Å². The van der Waals surface area contributed by atoms with Gasteiger partial charge in [-0.15, -0.1) is 0 Å². The zero-order valence-corrected chi connectivity index (χ0v) is 18.0. The minimum atomic E-state index is 0.0329. The van der Waals surface area contributed by atoms with E-state index >= 15 is 0 Å². The van der Waals surface area contributed by atoms with Crippen molar-refractivity contribution in [3.05, 3.63) is 52.2 Å². The van der Waals surface area contributed by atoms with Crippen LogP contribution in [0.15, 0.2) is 40.2 Å². The molecule has 0 spiro atoms. The molecule has 1 aliphatic rings. The second-order valence-electron chi connectivity index (χ2n) is 6.51. The van der Waals surface area contributed by atoms with Crippen LogP contribution in [0.2, 0.25) is 0 Å². The van der Waals surface area contributed by atoms with Crippen LogP contribution in [-0.4, -0.2) is 40.2 Å². The van der Waals surface area contributed by atoms with E-state index in [1.54, 1.807) is 4.90 Å². The van der Waals surface area contributed by atoms with E-state index in [1.165, 1.54) is 11.8 Å². The fourth-order valence-electron chi connectivity index (χ4n) is 3.37. The Morgan fingerprint density at radius 3 is 2.46 bits per heavy atom. The highest BCUT2D eigenvalue weighted by atomic mass is 32.2. The van der Waals surface area contributed by atoms with Gasteiger partial charge < -0.3 is 9.30 Å². The van der Waals surface area contributed by atoms with Crippen LogP contribution in [0.3, 0.4) is 0 Å². The summed E-state index contributed by atoms with van der Waals surface area (Å²) in [6.45, 7) is 12.1. The molecule has 0 bridgehead atoms. The maximum atomic E-state index is 12.7. The Balaban J connectivity index is 1.95. The molecule has 0 saturated carbocycles. The number of carbonyl (C=O) groups is 1. The number of hydrogen-bond donors (Lipinski definition) is 0. The first kappa shape index (κ1) is 20.3. The lowest BCUT2D eigenvalue weighted by Crippen LogP contribution is -2.28. The lowest BCUT2D eigenvalue weighted by Gasteiger charge is -2.11. The van der Waals surface area contributed by atoms with Gasteiger partial charge in [0.1, 0.15) is 5.75 Å². The molecular weight excluding hydrogens is 370 g/mol. The third-order valence-electron chi connectivity index (χ3n) is 4.66. The summed E-state index contributed by atoms with van der Waals surface area (Å²) in [6.07, 6.45) is 1.99. The zero-order chi connectivity index (χ0) is 20.3. The number of rotatable bonds is 6. The molecule has 1 aromatic heterocycles. The van der Waals surface area contributed by atoms with Gasteiger partial charge >= 0.3 is 0 Å². The Hall–Kier alpha value is -2.47. The Labute approximate surface area is 171 Å². The van der Waals surface area contributed by atoms with E-state index in [0.29, 0.717) is 19.7 Å². The number of aliphatic imine (C=N–C) groups is 1. The van der Waals surface area contributed by atoms with Crippen molar-refractivity contribution in [3.63, 3.8) is 0 Å². The van der Waals surface area contributed by atoms with E-state index in [-0.39, 0.29) is 5.91 Å². The lowest BCUT2D eigenvalue weighted by molar-refractivity contribution is -0.122. The molecule has 1 aliphatic heterocycles. The Bertz CT molecular complexity index is 926. The summed E-state index contributed by atoms with van der Waals surface area (Å²) < 4.78 is 7.74. The van der Waals surface area contributed by atoms with Gasteiger partial charge in [0.05, 0.1) is 11.5 Å². The smallest absolute Gasteiger partial charge is 0.266 e. The highest BCUT2D eigenvalue weighted by Crippen LogP contribution is 2.34. The molecule has 0 radical (unpaired) electrons. The number of hydrogen-bond acceptors (Lipinski definition) is 4. The molecular formula is C22H27N3O2S. The average Bonchev–Trinajstić information content (AvgIpc) is 3.12. The maximum Gasteiger partial charge on any atom is 0.266 e. The Kier molecular flexibility index (Phi) is 6.29. The highest BCUT2D eigenvalue weighted by Gasteiger charge is 2.32. The number of amides is 1. The van der Waals surface area contributed by atoms with Gasteiger partial charge in [-0.05, 0) is 88.4 Å². The molecule has 5 nitrogen and oxygen atoms in total. The number of likely N-dealkylation sites (N-methyl/N-ethyl adjacent to an activating group) is 1. The second kappa shape index (κ2) is 8.69. The predicted octanol–water partition coefficient (Wildman–Crippen LogP) is 4.80. The summed E-state index contributed by atoms with van der Waals surface area (Å²) >= 11 is 1.46. The first-order chi connectivity index (χ1) is 13.5. The van der Waals surface area contributed by atoms with Crippen molar-refractivity contribution < 1.29 is 9.53 Å². The summed E-state index contributed by atoms with van der Waals surface area (Å²) in [4.78, 5) is 19.7. The molecule has 3 rings (SSSR count). The normalized spacial score (nSPS) is 17.2. The van der Waals surface area contributed by atoms with Crippen molar-refractivity contribution >= 4 is 28.9 Å². The summed E-state index contributed by atoms with van der Waals surface area (Å²) in [5, 5.41) is 0.793. The molecule has 0 unspecified atom stereocenters. The number of amidine groups is 1. The quantitative estimate of drug-likeness (QED) is 0.658. The minimum Gasteiger partial charge on any atom is -0.494 e. The molecule has 1 amide bonds. The summed E-state index contributed by atoms with van der Waals surface area (Å²) in [5.74, 6) is 0.900. The van der Waals surface area contributed by atoms with Gasteiger partial charge in [0.25, 0.3) is 5.91 Å². The van der Waals surface area contributed by atoms with Crippen molar-refractivity contribution in [2.45, 2.75) is 34.6 Å². The monoisotopic (exact) mass is 397 g/mol. The first-order valence-electron chi connectivity index (χ1n) is 9.68. The van der Waals surface area contributed by atoms with Crippen LogP contribution >= 0.6 is 11.8 Å². The fraction of sp³-hybridized carbons (Fsp3) is 0.364. The van der Waals surface area contributed by atoms with E-state index in [1.807, 2.05) is 39.0 Å². The number of nitrogens with zero attached hydrogens (tertiary/aromatic N) is 3. The number of benzene rings is 1. The van der Waals surface area contributed by atoms with Gasteiger partial charge in [-0.3, -0.25) is 14.7 Å². The molecule has 1 aromatic carbocycles. The van der Waals surface area contributed by atoms with E-state index in [2.05, 4.69) is 41.6 Å². The number of carbonyl (C=O) groups excluding carboxylic acids is 1. The molecule has 1 fully saturated rings. The SMILES string of the molecule is CCN=C1S/C(=C\c2cc(C)n(-c3ccc(OCC)cc3)c2C)C(=O)N1CC.